The molecule has 6 nitrogen and oxygen atoms in total. The van der Waals surface area contributed by atoms with Crippen molar-refractivity contribution in [2.75, 3.05) is 28.2 Å². The molecule has 2 atom stereocenters. The molecule has 0 N–H and O–H groups in total. The van der Waals surface area contributed by atoms with E-state index in [1.807, 2.05) is 41.5 Å². The largest absolute Gasteiger partial charge is 0.478 e. The van der Waals surface area contributed by atoms with E-state index in [4.69, 9.17) is 0 Å². The zero-order chi connectivity index (χ0) is 21.2. The Morgan fingerprint density at radius 3 is 1.85 bits per heavy atom. The molecule has 0 aromatic heterocycles. The van der Waals surface area contributed by atoms with Crippen molar-refractivity contribution in [3.63, 3.8) is 0 Å². The zero-order valence-electron chi connectivity index (χ0n) is 19.5. The van der Waals surface area contributed by atoms with Crippen molar-refractivity contribution >= 4 is 17.6 Å². The molecule has 1 radical (unpaired) electrons. The summed E-state index contributed by atoms with van der Waals surface area (Å²) in [6.45, 7) is 15.3. The van der Waals surface area contributed by atoms with Crippen LogP contribution in [0, 0.1) is 11.3 Å². The predicted octanol–water partition coefficient (Wildman–Crippen LogP) is 3.06. The van der Waals surface area contributed by atoms with Gasteiger partial charge in [-0.1, -0.05) is 47.6 Å². The van der Waals surface area contributed by atoms with Crippen LogP contribution in [-0.4, -0.2) is 71.6 Å². The van der Waals surface area contributed by atoms with Gasteiger partial charge in [0.25, 0.3) is 0 Å². The van der Waals surface area contributed by atoms with E-state index in [-0.39, 0.29) is 56.3 Å². The molecule has 1 heterocycles. The average molecular weight is 456 g/mol. The smallest absolute Gasteiger partial charge is 0.247 e. The Kier molecular flexibility index (Phi) is 10.4. The molecule has 1 fully saturated rings. The maximum absolute atomic E-state index is 13.4. The van der Waals surface area contributed by atoms with Gasteiger partial charge in [0.1, 0.15) is 5.54 Å². The standard InChI is InChI=1S/C18H33N4O2.C2H6.Y/c1-12(13(19)20(7)8)18(6)11-16(2,3)22(15(18)24)17(4,5)14(23)21(9)10;1-2;/h12H,11H2,1-10H3;1-2H3;/q-1;;. The van der Waals surface area contributed by atoms with E-state index in [9.17, 15) is 15.0 Å². The van der Waals surface area contributed by atoms with Gasteiger partial charge in [-0.25, -0.2) is 0 Å². The van der Waals surface area contributed by atoms with Gasteiger partial charge in [-0.15, -0.1) is 0 Å². The molecule has 155 valence electrons. The van der Waals surface area contributed by atoms with Crippen LogP contribution in [0.25, 0.3) is 5.41 Å². The molecule has 0 bridgehead atoms. The Morgan fingerprint density at radius 2 is 1.52 bits per heavy atom. The molecule has 0 aromatic rings. The summed E-state index contributed by atoms with van der Waals surface area (Å²) in [4.78, 5) is 30.9. The number of carbonyl (C=O) groups is 2. The Hall–Kier alpha value is -0.486. The molecule has 2 unspecified atom stereocenters. The van der Waals surface area contributed by atoms with Gasteiger partial charge in [0.2, 0.25) is 11.8 Å². The first-order chi connectivity index (χ1) is 11.6. The third-order valence-corrected chi connectivity index (χ3v) is 5.39. The SMILES string of the molecule is CC.CC(C(=[N-])N(C)C)C1(C)CC(C)(C)N(C(C)(C)C(=O)N(C)C)C1=O.[Y]. The monoisotopic (exact) mass is 456 g/mol. The van der Waals surface area contributed by atoms with Crippen molar-refractivity contribution in [2.24, 2.45) is 11.3 Å². The van der Waals surface area contributed by atoms with Crippen LogP contribution in [0.3, 0.4) is 0 Å². The number of hydrogen-bond donors (Lipinski definition) is 0. The topological polar surface area (TPSA) is 66.2 Å². The average Bonchev–Trinajstić information content (AvgIpc) is 2.72. The van der Waals surface area contributed by atoms with Crippen molar-refractivity contribution in [2.45, 2.75) is 72.9 Å². The van der Waals surface area contributed by atoms with Crippen LogP contribution in [0.1, 0.15) is 61.8 Å². The number of rotatable bonds is 4. The fourth-order valence-electron chi connectivity index (χ4n) is 4.25. The number of hydrogen-bond acceptors (Lipinski definition) is 2. The first-order valence-electron chi connectivity index (χ1n) is 9.40. The van der Waals surface area contributed by atoms with Gasteiger partial charge in [-0.2, -0.15) is 0 Å². The molecule has 1 aliphatic heterocycles. The summed E-state index contributed by atoms with van der Waals surface area (Å²) in [5.41, 5.74) is -2.20. The fourth-order valence-corrected chi connectivity index (χ4v) is 4.25. The van der Waals surface area contributed by atoms with E-state index >= 15 is 0 Å². The second-order valence-corrected chi connectivity index (χ2v) is 8.78. The van der Waals surface area contributed by atoms with E-state index in [0.29, 0.717) is 6.42 Å². The molecule has 1 aliphatic rings. The summed E-state index contributed by atoms with van der Waals surface area (Å²) in [5, 5.41) is 10.4. The van der Waals surface area contributed by atoms with Crippen LogP contribution in [-0.2, 0) is 42.3 Å². The summed E-state index contributed by atoms with van der Waals surface area (Å²) in [5.74, 6) is -0.356. The molecule has 0 aromatic carbocycles. The minimum absolute atomic E-state index is 0. The minimum atomic E-state index is -0.949. The Labute approximate surface area is 191 Å². The Morgan fingerprint density at radius 1 is 1.11 bits per heavy atom. The maximum atomic E-state index is 13.4. The normalized spacial score (nSPS) is 22.2. The maximum Gasteiger partial charge on any atom is 0.247 e. The number of carbonyl (C=O) groups excluding carboxylic acids is 2. The molecular weight excluding hydrogens is 417 g/mol. The third-order valence-electron chi connectivity index (χ3n) is 5.39. The molecule has 0 saturated carbocycles. The van der Waals surface area contributed by atoms with Crippen LogP contribution in [0.5, 0.6) is 0 Å². The number of amides is 2. The molecule has 27 heavy (non-hydrogen) atoms. The molecule has 1 rings (SSSR count). The summed E-state index contributed by atoms with van der Waals surface area (Å²) in [6.07, 6.45) is 0.571. The van der Waals surface area contributed by atoms with Crippen molar-refractivity contribution in [3.05, 3.63) is 5.41 Å². The van der Waals surface area contributed by atoms with E-state index in [1.165, 1.54) is 4.90 Å². The van der Waals surface area contributed by atoms with Crippen molar-refractivity contribution in [1.29, 1.82) is 0 Å². The summed E-state index contributed by atoms with van der Waals surface area (Å²) in [6, 6.07) is 0. The Bertz CT molecular complexity index is 558. The van der Waals surface area contributed by atoms with Gasteiger partial charge in [-0.3, -0.25) is 9.59 Å². The van der Waals surface area contributed by atoms with E-state index in [0.717, 1.165) is 0 Å². The second-order valence-electron chi connectivity index (χ2n) is 8.78. The van der Waals surface area contributed by atoms with E-state index in [1.54, 1.807) is 51.8 Å². The number of amidine groups is 1. The second kappa shape index (κ2) is 9.82. The van der Waals surface area contributed by atoms with Crippen LogP contribution in [0.15, 0.2) is 0 Å². The third kappa shape index (κ3) is 5.32. The predicted molar refractivity (Wildman–Crippen MR) is 109 cm³/mol. The Balaban J connectivity index is 0. The summed E-state index contributed by atoms with van der Waals surface area (Å²) < 4.78 is 0. The van der Waals surface area contributed by atoms with E-state index < -0.39 is 16.5 Å². The first kappa shape index (κ1) is 28.7. The van der Waals surface area contributed by atoms with Gasteiger partial charge < -0.3 is 20.1 Å². The van der Waals surface area contributed by atoms with Gasteiger partial charge in [-0.05, 0) is 40.0 Å². The van der Waals surface area contributed by atoms with E-state index in [2.05, 4.69) is 0 Å². The molecular formula is C20H39N4O2Y-. The summed E-state index contributed by atoms with van der Waals surface area (Å²) in [7, 11) is 6.92. The van der Waals surface area contributed by atoms with Gasteiger partial charge >= 0.3 is 0 Å². The molecule has 1 saturated heterocycles. The molecule has 0 aliphatic carbocycles. The van der Waals surface area contributed by atoms with Crippen molar-refractivity contribution < 1.29 is 42.3 Å². The number of nitrogens with zero attached hydrogens (tertiary/aromatic N) is 4. The number of likely N-dealkylation sites (N-methyl/N-ethyl adjacent to an activating group) is 1. The zero-order valence-corrected chi connectivity index (χ0v) is 22.3. The van der Waals surface area contributed by atoms with Crippen LogP contribution in [0.4, 0.5) is 0 Å². The van der Waals surface area contributed by atoms with Gasteiger partial charge in [0.15, 0.2) is 0 Å². The van der Waals surface area contributed by atoms with Crippen LogP contribution in [0.2, 0.25) is 0 Å². The minimum Gasteiger partial charge on any atom is -0.478 e. The fraction of sp³-hybridized carbons (Fsp3) is 0.850. The summed E-state index contributed by atoms with van der Waals surface area (Å²) >= 11 is 0. The first-order valence-corrected chi connectivity index (χ1v) is 9.40. The van der Waals surface area contributed by atoms with Gasteiger partial charge in [0, 0.05) is 52.3 Å². The van der Waals surface area contributed by atoms with Crippen molar-refractivity contribution in [3.8, 4) is 0 Å². The molecule has 0 spiro atoms. The van der Waals surface area contributed by atoms with Gasteiger partial charge in [0.05, 0.1) is 5.41 Å². The van der Waals surface area contributed by atoms with Crippen molar-refractivity contribution in [1.82, 2.24) is 14.7 Å². The number of likely N-dealkylation sites (tertiary alicyclic amines) is 1. The van der Waals surface area contributed by atoms with Crippen LogP contribution < -0.4 is 0 Å². The molecule has 2 amide bonds. The quantitative estimate of drug-likeness (QED) is 0.483. The molecule has 7 heteroatoms. The van der Waals surface area contributed by atoms with Crippen LogP contribution >= 0.6 is 0 Å².